The van der Waals surface area contributed by atoms with E-state index in [2.05, 4.69) is 5.32 Å². The molecule has 140 valence electrons. The van der Waals surface area contributed by atoms with Gasteiger partial charge in [0.2, 0.25) is 5.91 Å². The Balaban J connectivity index is 2.34. The van der Waals surface area contributed by atoms with Gasteiger partial charge < -0.3 is 5.32 Å². The van der Waals surface area contributed by atoms with Gasteiger partial charge in [-0.05, 0) is 49.7 Å². The van der Waals surface area contributed by atoms with Gasteiger partial charge in [0.05, 0.1) is 10.6 Å². The van der Waals surface area contributed by atoms with Crippen molar-refractivity contribution in [1.29, 1.82) is 0 Å². The van der Waals surface area contributed by atoms with Crippen LogP contribution in [0.3, 0.4) is 0 Å². The fourth-order valence-electron chi connectivity index (χ4n) is 2.35. The number of hydrogen-bond acceptors (Lipinski definition) is 3. The number of unbranched alkanes of at least 4 members (excludes halogenated alkanes) is 1. The van der Waals surface area contributed by atoms with Gasteiger partial charge >= 0.3 is 0 Å². The molecule has 0 saturated carbocycles. The Labute approximate surface area is 153 Å². The van der Waals surface area contributed by atoms with Crippen LogP contribution in [0.25, 0.3) is 0 Å². The van der Waals surface area contributed by atoms with E-state index in [1.807, 2.05) is 13.8 Å². The van der Waals surface area contributed by atoms with Gasteiger partial charge in [0, 0.05) is 6.54 Å². The zero-order chi connectivity index (χ0) is 19.2. The lowest BCUT2D eigenvalue weighted by atomic mass is 10.2. The Kier molecular flexibility index (Phi) is 6.74. The number of benzene rings is 2. The number of amides is 1. The summed E-state index contributed by atoms with van der Waals surface area (Å²) in [5, 5.41) is 2.71. The van der Waals surface area contributed by atoms with E-state index < -0.39 is 21.7 Å². The molecule has 1 N–H and O–H groups in total. The van der Waals surface area contributed by atoms with Gasteiger partial charge in [0.1, 0.15) is 12.4 Å². The van der Waals surface area contributed by atoms with Gasteiger partial charge in [0.25, 0.3) is 10.0 Å². The molecule has 1 amide bonds. The SMILES string of the molecule is CCCCNC(=O)CN(c1ccc(F)cc1)S(=O)(=O)c1ccc(C)cc1. The van der Waals surface area contributed by atoms with E-state index >= 15 is 0 Å². The monoisotopic (exact) mass is 378 g/mol. The number of carbonyl (C=O) groups is 1. The lowest BCUT2D eigenvalue weighted by Crippen LogP contribution is -2.41. The molecule has 2 rings (SSSR count). The number of aryl methyl sites for hydroxylation is 1. The average Bonchev–Trinajstić information content (AvgIpc) is 2.61. The summed E-state index contributed by atoms with van der Waals surface area (Å²) >= 11 is 0. The molecular formula is C19H23FN2O3S. The highest BCUT2D eigenvalue weighted by molar-refractivity contribution is 7.92. The van der Waals surface area contributed by atoms with Gasteiger partial charge in [-0.3, -0.25) is 9.10 Å². The first-order valence-electron chi connectivity index (χ1n) is 8.46. The van der Waals surface area contributed by atoms with Gasteiger partial charge in [-0.15, -0.1) is 0 Å². The molecule has 0 fully saturated rings. The number of nitrogens with one attached hydrogen (secondary N) is 1. The average molecular weight is 378 g/mol. The van der Waals surface area contributed by atoms with Crippen LogP contribution in [0.4, 0.5) is 10.1 Å². The fourth-order valence-corrected chi connectivity index (χ4v) is 3.77. The molecule has 7 heteroatoms. The number of rotatable bonds is 8. The van der Waals surface area contributed by atoms with Crippen LogP contribution in [0.2, 0.25) is 0 Å². The molecule has 0 aromatic heterocycles. The van der Waals surface area contributed by atoms with E-state index in [-0.39, 0.29) is 17.1 Å². The van der Waals surface area contributed by atoms with Gasteiger partial charge in [-0.25, -0.2) is 12.8 Å². The molecule has 0 saturated heterocycles. The van der Waals surface area contributed by atoms with Crippen molar-refractivity contribution in [2.75, 3.05) is 17.4 Å². The molecule has 0 radical (unpaired) electrons. The van der Waals surface area contributed by atoms with Crippen molar-refractivity contribution < 1.29 is 17.6 Å². The lowest BCUT2D eigenvalue weighted by Gasteiger charge is -2.24. The Bertz CT molecular complexity index is 834. The maximum absolute atomic E-state index is 13.2. The summed E-state index contributed by atoms with van der Waals surface area (Å²) in [6.07, 6.45) is 1.73. The second kappa shape index (κ2) is 8.80. The number of anilines is 1. The summed E-state index contributed by atoms with van der Waals surface area (Å²) in [6.45, 7) is 3.97. The highest BCUT2D eigenvalue weighted by atomic mass is 32.2. The smallest absolute Gasteiger partial charge is 0.264 e. The number of nitrogens with zero attached hydrogens (tertiary/aromatic N) is 1. The van der Waals surface area contributed by atoms with Crippen LogP contribution in [0.5, 0.6) is 0 Å². The quantitative estimate of drug-likeness (QED) is 0.717. The summed E-state index contributed by atoms with van der Waals surface area (Å²) in [5.74, 6) is -0.882. The highest BCUT2D eigenvalue weighted by Gasteiger charge is 2.27. The maximum atomic E-state index is 13.2. The second-order valence-corrected chi connectivity index (χ2v) is 7.87. The minimum atomic E-state index is -3.96. The molecule has 0 bridgehead atoms. The summed E-state index contributed by atoms with van der Waals surface area (Å²) in [7, 11) is -3.96. The van der Waals surface area contributed by atoms with Crippen molar-refractivity contribution >= 4 is 21.6 Å². The molecule has 0 aliphatic carbocycles. The first kappa shape index (κ1) is 19.9. The third-order valence-electron chi connectivity index (χ3n) is 3.86. The molecule has 0 atom stereocenters. The normalized spacial score (nSPS) is 11.2. The zero-order valence-corrected chi connectivity index (χ0v) is 15.7. The molecule has 2 aromatic carbocycles. The van der Waals surface area contributed by atoms with E-state index in [9.17, 15) is 17.6 Å². The van der Waals surface area contributed by atoms with Crippen LogP contribution < -0.4 is 9.62 Å². The molecule has 0 aliphatic heterocycles. The van der Waals surface area contributed by atoms with Crippen LogP contribution in [0.15, 0.2) is 53.4 Å². The van der Waals surface area contributed by atoms with Gasteiger partial charge in [-0.1, -0.05) is 31.0 Å². The highest BCUT2D eigenvalue weighted by Crippen LogP contribution is 2.24. The van der Waals surface area contributed by atoms with Crippen molar-refractivity contribution in [2.45, 2.75) is 31.6 Å². The van der Waals surface area contributed by atoms with Crippen molar-refractivity contribution in [3.8, 4) is 0 Å². The summed E-state index contributed by atoms with van der Waals surface area (Å²) < 4.78 is 40.3. The molecule has 2 aromatic rings. The maximum Gasteiger partial charge on any atom is 0.264 e. The van der Waals surface area contributed by atoms with E-state index in [4.69, 9.17) is 0 Å². The summed E-state index contributed by atoms with van der Waals surface area (Å²) in [6, 6.07) is 11.4. The van der Waals surface area contributed by atoms with Crippen molar-refractivity contribution in [2.24, 2.45) is 0 Å². The predicted molar refractivity (Wildman–Crippen MR) is 100 cm³/mol. The molecule has 0 aliphatic rings. The molecule has 0 unspecified atom stereocenters. The fraction of sp³-hybridized carbons (Fsp3) is 0.316. The summed E-state index contributed by atoms with van der Waals surface area (Å²) in [5.41, 5.74) is 1.16. The first-order chi connectivity index (χ1) is 12.3. The lowest BCUT2D eigenvalue weighted by molar-refractivity contribution is -0.119. The van der Waals surface area contributed by atoms with E-state index in [1.165, 1.54) is 36.4 Å². The number of hydrogen-bond donors (Lipinski definition) is 1. The topological polar surface area (TPSA) is 66.5 Å². The second-order valence-electron chi connectivity index (χ2n) is 6.00. The van der Waals surface area contributed by atoms with Crippen molar-refractivity contribution in [3.05, 3.63) is 59.9 Å². The Hall–Kier alpha value is -2.41. The standard InChI is InChI=1S/C19H23FN2O3S/c1-3-4-13-21-19(23)14-22(17-9-7-16(20)8-10-17)26(24,25)18-11-5-15(2)6-12-18/h5-12H,3-4,13-14H2,1-2H3,(H,21,23). The Morgan fingerprint density at radius 3 is 2.27 bits per heavy atom. The largest absolute Gasteiger partial charge is 0.355 e. The van der Waals surface area contributed by atoms with E-state index in [1.54, 1.807) is 12.1 Å². The van der Waals surface area contributed by atoms with Crippen LogP contribution in [0, 0.1) is 12.7 Å². The van der Waals surface area contributed by atoms with Gasteiger partial charge in [-0.2, -0.15) is 0 Å². The number of carbonyl (C=O) groups excluding carboxylic acids is 1. The van der Waals surface area contributed by atoms with Crippen LogP contribution in [-0.2, 0) is 14.8 Å². The zero-order valence-electron chi connectivity index (χ0n) is 14.9. The van der Waals surface area contributed by atoms with Crippen LogP contribution >= 0.6 is 0 Å². The van der Waals surface area contributed by atoms with Crippen LogP contribution in [-0.4, -0.2) is 27.4 Å². The number of halogens is 1. The van der Waals surface area contributed by atoms with E-state index in [0.717, 1.165) is 22.7 Å². The molecule has 0 heterocycles. The molecule has 5 nitrogen and oxygen atoms in total. The molecule has 0 spiro atoms. The van der Waals surface area contributed by atoms with Crippen molar-refractivity contribution in [3.63, 3.8) is 0 Å². The first-order valence-corrected chi connectivity index (χ1v) is 9.90. The van der Waals surface area contributed by atoms with E-state index in [0.29, 0.717) is 6.54 Å². The third kappa shape index (κ3) is 5.05. The Morgan fingerprint density at radius 2 is 1.69 bits per heavy atom. The molecular weight excluding hydrogens is 355 g/mol. The summed E-state index contributed by atoms with van der Waals surface area (Å²) in [4.78, 5) is 12.3. The van der Waals surface area contributed by atoms with Crippen LogP contribution in [0.1, 0.15) is 25.3 Å². The minimum absolute atomic E-state index is 0.0776. The van der Waals surface area contributed by atoms with Crippen molar-refractivity contribution in [1.82, 2.24) is 5.32 Å². The third-order valence-corrected chi connectivity index (χ3v) is 5.65. The van der Waals surface area contributed by atoms with Gasteiger partial charge in [0.15, 0.2) is 0 Å². The molecule has 26 heavy (non-hydrogen) atoms. The minimum Gasteiger partial charge on any atom is -0.355 e. The number of sulfonamides is 1. The Morgan fingerprint density at radius 1 is 1.08 bits per heavy atom. The predicted octanol–water partition coefficient (Wildman–Crippen LogP) is 3.25.